The molecule has 0 atom stereocenters. The van der Waals surface area contributed by atoms with E-state index in [1.165, 1.54) is 0 Å². The highest BCUT2D eigenvalue weighted by atomic mass is 16.2. The van der Waals surface area contributed by atoms with Crippen molar-refractivity contribution in [2.45, 2.75) is 6.92 Å². The first-order chi connectivity index (χ1) is 9.63. The van der Waals surface area contributed by atoms with E-state index in [2.05, 4.69) is 15.0 Å². The lowest BCUT2D eigenvalue weighted by Crippen LogP contribution is -2.50. The highest BCUT2D eigenvalue weighted by Crippen LogP contribution is 2.20. The van der Waals surface area contributed by atoms with Crippen LogP contribution < -0.4 is 9.80 Å². The van der Waals surface area contributed by atoms with E-state index in [9.17, 15) is 4.79 Å². The van der Waals surface area contributed by atoms with Gasteiger partial charge in [-0.3, -0.25) is 14.5 Å². The number of aromatic nitrogens is 3. The van der Waals surface area contributed by atoms with Gasteiger partial charge >= 0.3 is 0 Å². The molecule has 2 aromatic rings. The van der Waals surface area contributed by atoms with Crippen LogP contribution in [0, 0.1) is 6.92 Å². The Hall–Kier alpha value is -2.37. The minimum Gasteiger partial charge on any atom is -0.360 e. The molecule has 6 heteroatoms. The van der Waals surface area contributed by atoms with Crippen molar-refractivity contribution in [1.82, 2.24) is 14.8 Å². The third-order valence-corrected chi connectivity index (χ3v) is 3.47. The summed E-state index contributed by atoms with van der Waals surface area (Å²) in [6.07, 6.45) is 5.37. The van der Waals surface area contributed by atoms with E-state index < -0.39 is 0 Å². The van der Waals surface area contributed by atoms with Crippen molar-refractivity contribution in [1.29, 1.82) is 0 Å². The van der Waals surface area contributed by atoms with Gasteiger partial charge in [-0.15, -0.1) is 0 Å². The molecule has 0 radical (unpaired) electrons. The van der Waals surface area contributed by atoms with Crippen LogP contribution in [0.2, 0.25) is 0 Å². The van der Waals surface area contributed by atoms with Crippen molar-refractivity contribution in [2.24, 2.45) is 7.05 Å². The van der Waals surface area contributed by atoms with Gasteiger partial charge in [0.1, 0.15) is 0 Å². The lowest BCUT2D eigenvalue weighted by molar-refractivity contribution is -0.117. The molecule has 1 saturated heterocycles. The van der Waals surface area contributed by atoms with Gasteiger partial charge in [0.15, 0.2) is 0 Å². The molecular formula is C14H17N5O. The van der Waals surface area contributed by atoms with E-state index in [1.807, 2.05) is 32.3 Å². The summed E-state index contributed by atoms with van der Waals surface area (Å²) >= 11 is 0. The van der Waals surface area contributed by atoms with Crippen molar-refractivity contribution >= 4 is 17.3 Å². The third-order valence-electron chi connectivity index (χ3n) is 3.47. The van der Waals surface area contributed by atoms with E-state index in [-0.39, 0.29) is 5.91 Å². The molecule has 0 saturated carbocycles. The fourth-order valence-corrected chi connectivity index (χ4v) is 2.44. The molecule has 0 bridgehead atoms. The van der Waals surface area contributed by atoms with E-state index in [4.69, 9.17) is 0 Å². The molecule has 0 aliphatic carbocycles. The minimum absolute atomic E-state index is 0.0960. The molecule has 3 heterocycles. The van der Waals surface area contributed by atoms with Gasteiger partial charge in [-0.05, 0) is 19.1 Å². The number of hydrogen-bond donors (Lipinski definition) is 0. The summed E-state index contributed by atoms with van der Waals surface area (Å²) in [5.41, 5.74) is 2.88. The Morgan fingerprint density at radius 2 is 2.10 bits per heavy atom. The maximum atomic E-state index is 12.3. The average molecular weight is 271 g/mol. The van der Waals surface area contributed by atoms with Gasteiger partial charge in [-0.2, -0.15) is 5.10 Å². The minimum atomic E-state index is 0.0960. The molecule has 1 aliphatic rings. The zero-order chi connectivity index (χ0) is 14.1. The van der Waals surface area contributed by atoms with Gasteiger partial charge in [-0.1, -0.05) is 0 Å². The van der Waals surface area contributed by atoms with Gasteiger partial charge in [-0.25, -0.2) is 0 Å². The number of rotatable bonds is 2. The van der Waals surface area contributed by atoms with Crippen LogP contribution in [-0.4, -0.2) is 40.3 Å². The number of carbonyl (C=O) groups is 1. The van der Waals surface area contributed by atoms with Crippen LogP contribution in [0.5, 0.6) is 0 Å². The Kier molecular flexibility index (Phi) is 3.14. The predicted octanol–water partition coefficient (Wildman–Crippen LogP) is 0.977. The molecule has 0 unspecified atom stereocenters. The number of hydrogen-bond acceptors (Lipinski definition) is 4. The zero-order valence-corrected chi connectivity index (χ0v) is 11.7. The average Bonchev–Trinajstić information content (AvgIpc) is 2.85. The molecule has 0 N–H and O–H groups in total. The van der Waals surface area contributed by atoms with Crippen LogP contribution >= 0.6 is 0 Å². The first-order valence-corrected chi connectivity index (χ1v) is 6.60. The monoisotopic (exact) mass is 271 g/mol. The summed E-state index contributed by atoms with van der Waals surface area (Å²) in [5.74, 6) is 0.0960. The molecule has 20 heavy (non-hydrogen) atoms. The number of nitrogens with zero attached hydrogens (tertiary/aromatic N) is 5. The number of piperazine rings is 1. The fraction of sp³-hybridized carbons (Fsp3) is 0.357. The van der Waals surface area contributed by atoms with Crippen molar-refractivity contribution in [3.8, 4) is 0 Å². The number of aryl methyl sites for hydroxylation is 2. The number of amides is 1. The molecule has 0 aromatic carbocycles. The van der Waals surface area contributed by atoms with Crippen molar-refractivity contribution in [3.05, 3.63) is 36.4 Å². The van der Waals surface area contributed by atoms with Crippen molar-refractivity contribution < 1.29 is 4.79 Å². The second-order valence-electron chi connectivity index (χ2n) is 4.99. The molecule has 104 valence electrons. The van der Waals surface area contributed by atoms with Crippen LogP contribution in [0.1, 0.15) is 5.69 Å². The van der Waals surface area contributed by atoms with Crippen LogP contribution in [0.4, 0.5) is 11.4 Å². The van der Waals surface area contributed by atoms with Crippen LogP contribution in [0.15, 0.2) is 30.7 Å². The van der Waals surface area contributed by atoms with Crippen molar-refractivity contribution in [3.63, 3.8) is 0 Å². The zero-order valence-electron chi connectivity index (χ0n) is 11.7. The smallest absolute Gasteiger partial charge is 0.246 e. The summed E-state index contributed by atoms with van der Waals surface area (Å²) in [5, 5.41) is 4.12. The first kappa shape index (κ1) is 12.7. The highest BCUT2D eigenvalue weighted by Gasteiger charge is 2.26. The Labute approximate surface area is 117 Å². The molecule has 2 aromatic heterocycles. The molecule has 1 amide bonds. The largest absolute Gasteiger partial charge is 0.360 e. The quantitative estimate of drug-likeness (QED) is 0.817. The molecule has 1 fully saturated rings. The SMILES string of the molecule is Cc1cc(N2CCN(c3cnn(C)c3)C(=O)C2)ccn1. The lowest BCUT2D eigenvalue weighted by atomic mass is 10.2. The summed E-state index contributed by atoms with van der Waals surface area (Å²) in [6, 6.07) is 3.95. The molecule has 0 spiro atoms. The Morgan fingerprint density at radius 3 is 2.75 bits per heavy atom. The van der Waals surface area contributed by atoms with Crippen LogP contribution in [-0.2, 0) is 11.8 Å². The maximum Gasteiger partial charge on any atom is 0.246 e. The highest BCUT2D eigenvalue weighted by molar-refractivity contribution is 5.97. The summed E-state index contributed by atoms with van der Waals surface area (Å²) in [4.78, 5) is 20.4. The maximum absolute atomic E-state index is 12.3. The third kappa shape index (κ3) is 2.36. The van der Waals surface area contributed by atoms with Crippen LogP contribution in [0.25, 0.3) is 0 Å². The van der Waals surface area contributed by atoms with E-state index in [1.54, 1.807) is 22.0 Å². The normalized spacial score (nSPS) is 15.8. The second kappa shape index (κ2) is 4.96. The number of pyridine rings is 1. The van der Waals surface area contributed by atoms with Gasteiger partial charge < -0.3 is 9.80 Å². The van der Waals surface area contributed by atoms with E-state index >= 15 is 0 Å². The first-order valence-electron chi connectivity index (χ1n) is 6.60. The van der Waals surface area contributed by atoms with Crippen molar-refractivity contribution in [2.75, 3.05) is 29.4 Å². The summed E-state index contributed by atoms with van der Waals surface area (Å²) < 4.78 is 1.71. The number of anilines is 2. The lowest BCUT2D eigenvalue weighted by Gasteiger charge is -2.35. The topological polar surface area (TPSA) is 54.3 Å². The molecule has 6 nitrogen and oxygen atoms in total. The molecular weight excluding hydrogens is 254 g/mol. The second-order valence-corrected chi connectivity index (χ2v) is 4.99. The molecule has 1 aliphatic heterocycles. The van der Waals surface area contributed by atoms with Gasteiger partial charge in [0.05, 0.1) is 18.4 Å². The van der Waals surface area contributed by atoms with E-state index in [0.717, 1.165) is 23.6 Å². The summed E-state index contributed by atoms with van der Waals surface area (Å²) in [6.45, 7) is 3.82. The Morgan fingerprint density at radius 1 is 1.25 bits per heavy atom. The van der Waals surface area contributed by atoms with Crippen LogP contribution in [0.3, 0.4) is 0 Å². The summed E-state index contributed by atoms with van der Waals surface area (Å²) in [7, 11) is 1.85. The molecule has 3 rings (SSSR count). The van der Waals surface area contributed by atoms with Gasteiger partial charge in [0.2, 0.25) is 5.91 Å². The fourth-order valence-electron chi connectivity index (χ4n) is 2.44. The predicted molar refractivity (Wildman–Crippen MR) is 76.7 cm³/mol. The van der Waals surface area contributed by atoms with Gasteiger partial charge in [0.25, 0.3) is 0 Å². The van der Waals surface area contributed by atoms with E-state index in [0.29, 0.717) is 13.1 Å². The number of carbonyl (C=O) groups excluding carboxylic acids is 1. The Bertz CT molecular complexity index is 636. The standard InChI is InChI=1S/C14H17N5O/c1-11-7-12(3-4-15-11)18-5-6-19(14(20)10-18)13-8-16-17(2)9-13/h3-4,7-9H,5-6,10H2,1-2H3. The Balaban J connectivity index is 1.75. The van der Waals surface area contributed by atoms with Gasteiger partial charge in [0, 0.05) is 43.9 Å².